The molecule has 1 aromatic carbocycles. The standard InChI is InChI=1S/C20H25NO2/c1-2-6-17-13-19-9-10-20(22)21(19)14-18(17)11-12-23-15-16-7-4-3-5-8-16/h2-8,11-12,17-19H,9-10,13-15H2,1H3/b6-2-,12-11+/t17-,18-,19+/m0/s1. The summed E-state index contributed by atoms with van der Waals surface area (Å²) in [6.07, 6.45) is 11.2. The van der Waals surface area contributed by atoms with E-state index in [1.807, 2.05) is 24.5 Å². The van der Waals surface area contributed by atoms with E-state index in [9.17, 15) is 4.79 Å². The zero-order valence-corrected chi connectivity index (χ0v) is 13.7. The van der Waals surface area contributed by atoms with E-state index in [1.165, 1.54) is 5.56 Å². The van der Waals surface area contributed by atoms with E-state index in [0.717, 1.165) is 19.4 Å². The normalized spacial score (nSPS) is 27.8. The highest BCUT2D eigenvalue weighted by molar-refractivity contribution is 5.79. The van der Waals surface area contributed by atoms with Crippen molar-refractivity contribution >= 4 is 5.91 Å². The Hall–Kier alpha value is -2.03. The quantitative estimate of drug-likeness (QED) is 0.609. The van der Waals surface area contributed by atoms with E-state index in [0.29, 0.717) is 36.8 Å². The van der Waals surface area contributed by atoms with Crippen LogP contribution in [-0.2, 0) is 16.1 Å². The molecule has 23 heavy (non-hydrogen) atoms. The summed E-state index contributed by atoms with van der Waals surface area (Å²) in [5, 5.41) is 0. The number of benzene rings is 1. The van der Waals surface area contributed by atoms with E-state index < -0.39 is 0 Å². The van der Waals surface area contributed by atoms with Crippen molar-refractivity contribution in [1.29, 1.82) is 0 Å². The number of allylic oxidation sites excluding steroid dienone is 2. The lowest BCUT2D eigenvalue weighted by Gasteiger charge is -2.38. The van der Waals surface area contributed by atoms with Crippen LogP contribution in [0.3, 0.4) is 0 Å². The number of nitrogens with zero attached hydrogens (tertiary/aromatic N) is 1. The smallest absolute Gasteiger partial charge is 0.222 e. The van der Waals surface area contributed by atoms with Crippen LogP contribution in [0.2, 0.25) is 0 Å². The van der Waals surface area contributed by atoms with Gasteiger partial charge in [0.1, 0.15) is 6.61 Å². The molecule has 0 aromatic heterocycles. The highest BCUT2D eigenvalue weighted by Gasteiger charge is 2.39. The van der Waals surface area contributed by atoms with Crippen LogP contribution >= 0.6 is 0 Å². The maximum absolute atomic E-state index is 12.0. The van der Waals surface area contributed by atoms with Gasteiger partial charge in [-0.2, -0.15) is 0 Å². The minimum atomic E-state index is 0.317. The maximum atomic E-state index is 12.0. The second-order valence-corrected chi connectivity index (χ2v) is 6.45. The van der Waals surface area contributed by atoms with Gasteiger partial charge in [-0.05, 0) is 37.3 Å². The van der Waals surface area contributed by atoms with E-state index in [4.69, 9.17) is 4.74 Å². The Kier molecular flexibility index (Phi) is 5.16. The number of rotatable bonds is 5. The fourth-order valence-corrected chi connectivity index (χ4v) is 3.69. The molecular weight excluding hydrogens is 286 g/mol. The molecule has 1 amide bonds. The van der Waals surface area contributed by atoms with Gasteiger partial charge in [0, 0.05) is 24.9 Å². The lowest BCUT2D eigenvalue weighted by Crippen LogP contribution is -2.44. The zero-order chi connectivity index (χ0) is 16.1. The average molecular weight is 311 g/mol. The van der Waals surface area contributed by atoms with Gasteiger partial charge in [-0.15, -0.1) is 0 Å². The SMILES string of the molecule is C/C=C\[C@H]1C[C@H]2CCC(=O)N2C[C@@H]1/C=C/OCc1ccccc1. The van der Waals surface area contributed by atoms with Crippen LogP contribution in [-0.4, -0.2) is 23.4 Å². The number of fused-ring (bicyclic) bond motifs is 1. The number of carbonyl (C=O) groups is 1. The number of hydrogen-bond acceptors (Lipinski definition) is 2. The number of piperidine rings is 1. The van der Waals surface area contributed by atoms with Gasteiger partial charge in [0.15, 0.2) is 0 Å². The Balaban J connectivity index is 1.59. The fourth-order valence-electron chi connectivity index (χ4n) is 3.69. The Morgan fingerprint density at radius 1 is 1.22 bits per heavy atom. The minimum absolute atomic E-state index is 0.317. The van der Waals surface area contributed by atoms with Crippen LogP contribution in [0.15, 0.2) is 54.8 Å². The molecule has 0 unspecified atom stereocenters. The minimum Gasteiger partial charge on any atom is -0.497 e. The summed E-state index contributed by atoms with van der Waals surface area (Å²) in [6.45, 7) is 3.48. The molecule has 2 heterocycles. The van der Waals surface area contributed by atoms with Gasteiger partial charge in [-0.3, -0.25) is 4.79 Å². The van der Waals surface area contributed by atoms with E-state index in [1.54, 1.807) is 0 Å². The molecule has 0 aliphatic carbocycles. The Labute approximate surface area is 138 Å². The number of ether oxygens (including phenoxy) is 1. The molecule has 1 aromatic rings. The van der Waals surface area contributed by atoms with Crippen molar-refractivity contribution in [3.05, 3.63) is 60.4 Å². The molecule has 0 N–H and O–H groups in total. The van der Waals surface area contributed by atoms with Crippen molar-refractivity contribution in [2.75, 3.05) is 6.54 Å². The van der Waals surface area contributed by atoms with Gasteiger partial charge < -0.3 is 9.64 Å². The molecule has 0 spiro atoms. The van der Waals surface area contributed by atoms with Crippen LogP contribution in [0.25, 0.3) is 0 Å². The van der Waals surface area contributed by atoms with E-state index in [-0.39, 0.29) is 0 Å². The van der Waals surface area contributed by atoms with Crippen molar-refractivity contribution in [3.63, 3.8) is 0 Å². The third-order valence-corrected chi connectivity index (χ3v) is 4.91. The molecule has 2 aliphatic rings. The predicted octanol–water partition coefficient (Wildman–Crippen LogP) is 3.92. The topological polar surface area (TPSA) is 29.5 Å². The molecule has 0 saturated carbocycles. The third kappa shape index (κ3) is 3.84. The van der Waals surface area contributed by atoms with Crippen molar-refractivity contribution in [3.8, 4) is 0 Å². The monoisotopic (exact) mass is 311 g/mol. The summed E-state index contributed by atoms with van der Waals surface area (Å²) in [4.78, 5) is 14.1. The summed E-state index contributed by atoms with van der Waals surface area (Å²) in [5.74, 6) is 1.17. The maximum Gasteiger partial charge on any atom is 0.222 e. The number of carbonyl (C=O) groups excluding carboxylic acids is 1. The molecule has 122 valence electrons. The molecule has 3 rings (SSSR count). The largest absolute Gasteiger partial charge is 0.497 e. The Morgan fingerprint density at radius 3 is 2.83 bits per heavy atom. The van der Waals surface area contributed by atoms with Crippen LogP contribution in [0.5, 0.6) is 0 Å². The van der Waals surface area contributed by atoms with Gasteiger partial charge in [-0.1, -0.05) is 42.5 Å². The van der Waals surface area contributed by atoms with Crippen LogP contribution in [0, 0.1) is 11.8 Å². The Bertz CT molecular complexity index is 579. The van der Waals surface area contributed by atoms with Crippen LogP contribution < -0.4 is 0 Å². The summed E-state index contributed by atoms with van der Waals surface area (Å²) >= 11 is 0. The van der Waals surface area contributed by atoms with Gasteiger partial charge in [-0.25, -0.2) is 0 Å². The van der Waals surface area contributed by atoms with Gasteiger partial charge in [0.2, 0.25) is 5.91 Å². The second kappa shape index (κ2) is 7.49. The molecule has 2 aliphatic heterocycles. The summed E-state index contributed by atoms with van der Waals surface area (Å²) in [7, 11) is 0. The lowest BCUT2D eigenvalue weighted by atomic mass is 9.82. The van der Waals surface area contributed by atoms with Crippen molar-refractivity contribution in [2.24, 2.45) is 11.8 Å². The first-order valence-corrected chi connectivity index (χ1v) is 8.52. The Morgan fingerprint density at radius 2 is 2.04 bits per heavy atom. The molecule has 3 heteroatoms. The number of hydrogen-bond donors (Lipinski definition) is 0. The van der Waals surface area contributed by atoms with Gasteiger partial charge in [0.05, 0.1) is 6.26 Å². The fraction of sp³-hybridized carbons (Fsp3) is 0.450. The molecule has 3 atom stereocenters. The highest BCUT2D eigenvalue weighted by atomic mass is 16.5. The van der Waals surface area contributed by atoms with Crippen molar-refractivity contribution in [1.82, 2.24) is 4.90 Å². The molecule has 2 fully saturated rings. The van der Waals surface area contributed by atoms with Crippen molar-refractivity contribution < 1.29 is 9.53 Å². The molecule has 2 saturated heterocycles. The predicted molar refractivity (Wildman–Crippen MR) is 91.5 cm³/mol. The third-order valence-electron chi connectivity index (χ3n) is 4.91. The molecule has 0 bridgehead atoms. The van der Waals surface area contributed by atoms with Crippen molar-refractivity contribution in [2.45, 2.75) is 38.8 Å². The first-order chi connectivity index (χ1) is 11.3. The molecular formula is C20H25NO2. The lowest BCUT2D eigenvalue weighted by molar-refractivity contribution is -0.130. The number of amides is 1. The average Bonchev–Trinajstić information content (AvgIpc) is 2.93. The van der Waals surface area contributed by atoms with Crippen LogP contribution in [0.4, 0.5) is 0 Å². The second-order valence-electron chi connectivity index (χ2n) is 6.45. The first-order valence-electron chi connectivity index (χ1n) is 8.52. The van der Waals surface area contributed by atoms with E-state index >= 15 is 0 Å². The van der Waals surface area contributed by atoms with Gasteiger partial charge >= 0.3 is 0 Å². The molecule has 0 radical (unpaired) electrons. The summed E-state index contributed by atoms with van der Waals surface area (Å²) < 4.78 is 5.68. The summed E-state index contributed by atoms with van der Waals surface area (Å²) in [6, 6.07) is 10.6. The molecule has 3 nitrogen and oxygen atoms in total. The highest BCUT2D eigenvalue weighted by Crippen LogP contribution is 2.35. The van der Waals surface area contributed by atoms with Crippen LogP contribution in [0.1, 0.15) is 31.7 Å². The van der Waals surface area contributed by atoms with E-state index in [2.05, 4.69) is 42.2 Å². The zero-order valence-electron chi connectivity index (χ0n) is 13.7. The first kappa shape index (κ1) is 15.9. The summed E-state index contributed by atoms with van der Waals surface area (Å²) in [5.41, 5.74) is 1.17. The van der Waals surface area contributed by atoms with Gasteiger partial charge in [0.25, 0.3) is 0 Å².